The van der Waals surface area contributed by atoms with Gasteiger partial charge in [-0.05, 0) is 0 Å². The van der Waals surface area contributed by atoms with Crippen LogP contribution in [0.5, 0.6) is 0 Å². The monoisotopic (exact) mass is 345 g/mol. The number of aliphatic hydroxyl groups excluding tert-OH is 2. The van der Waals surface area contributed by atoms with Crippen molar-refractivity contribution >= 4 is 24.8 Å². The van der Waals surface area contributed by atoms with E-state index in [1.807, 2.05) is 0 Å². The lowest BCUT2D eigenvalue weighted by atomic mass is 10.1. The number of anilines is 1. The Morgan fingerprint density at radius 2 is 2.09 bits per heavy atom. The molecule has 0 bridgehead atoms. The van der Waals surface area contributed by atoms with Crippen LogP contribution in [0.25, 0.3) is 11.2 Å². The molecule has 3 heterocycles. The van der Waals surface area contributed by atoms with Crippen molar-refractivity contribution in [1.29, 1.82) is 0 Å². The van der Waals surface area contributed by atoms with Gasteiger partial charge in [-0.25, -0.2) is 15.0 Å². The van der Waals surface area contributed by atoms with Crippen LogP contribution < -0.4 is 15.5 Å². The molecule has 126 valence electrons. The van der Waals surface area contributed by atoms with Gasteiger partial charge in [0.25, 0.3) is 0 Å². The number of imidazole rings is 1. The zero-order valence-corrected chi connectivity index (χ0v) is 12.3. The van der Waals surface area contributed by atoms with Gasteiger partial charge in [-0.2, -0.15) is 0 Å². The maximum atomic E-state index is 10.5. The number of fused-ring (bicyclic) bond motifs is 1. The van der Waals surface area contributed by atoms with Gasteiger partial charge in [-0.1, -0.05) is 0 Å². The van der Waals surface area contributed by atoms with Crippen molar-refractivity contribution in [3.63, 3.8) is 0 Å². The summed E-state index contributed by atoms with van der Waals surface area (Å²) in [7, 11) is -5.22. The van der Waals surface area contributed by atoms with Crippen molar-refractivity contribution in [3.8, 4) is 0 Å². The van der Waals surface area contributed by atoms with Crippen molar-refractivity contribution in [3.05, 3.63) is 12.7 Å². The van der Waals surface area contributed by atoms with Crippen LogP contribution in [0.15, 0.2) is 12.7 Å². The van der Waals surface area contributed by atoms with Crippen molar-refractivity contribution < 1.29 is 33.8 Å². The third-order valence-corrected chi connectivity index (χ3v) is 3.86. The molecule has 2 aromatic heterocycles. The highest BCUT2D eigenvalue weighted by Crippen LogP contribution is 2.34. The lowest BCUT2D eigenvalue weighted by Gasteiger charge is -2.30. The highest BCUT2D eigenvalue weighted by Gasteiger charge is 2.44. The van der Waals surface area contributed by atoms with E-state index < -0.39 is 39.0 Å². The molecule has 0 radical (unpaired) electrons. The summed E-state index contributed by atoms with van der Waals surface area (Å²) in [4.78, 5) is 32.8. The normalized spacial score (nSPS) is 28.5. The number of ether oxygens (including phenoxy) is 1. The van der Waals surface area contributed by atoms with Crippen LogP contribution in [0.1, 0.15) is 6.23 Å². The highest BCUT2D eigenvalue weighted by molar-refractivity contribution is 7.43. The first-order valence-corrected chi connectivity index (χ1v) is 7.85. The number of hydrogen-bond donors (Lipinski definition) is 3. The fourth-order valence-electron chi connectivity index (χ4n) is 2.32. The van der Waals surface area contributed by atoms with Gasteiger partial charge in [-0.15, -0.1) is 0 Å². The van der Waals surface area contributed by atoms with Crippen molar-refractivity contribution in [2.24, 2.45) is 0 Å². The van der Waals surface area contributed by atoms with Gasteiger partial charge in [-0.3, -0.25) is 4.57 Å². The number of aliphatic hydroxyl groups is 2. The molecule has 4 N–H and O–H groups in total. The molecule has 0 saturated carbocycles. The average Bonchev–Trinajstić information content (AvgIpc) is 3.01. The Bertz CT molecular complexity index is 763. The van der Waals surface area contributed by atoms with E-state index in [9.17, 15) is 24.6 Å². The zero-order valence-electron chi connectivity index (χ0n) is 11.4. The van der Waals surface area contributed by atoms with E-state index in [1.54, 1.807) is 0 Å². The minimum Gasteiger partial charge on any atom is -0.790 e. The second-order valence-corrected chi connectivity index (χ2v) is 6.02. The summed E-state index contributed by atoms with van der Waals surface area (Å²) < 4.78 is 21.3. The summed E-state index contributed by atoms with van der Waals surface area (Å²) in [6.45, 7) is -0.719. The molecular weight excluding hydrogens is 333 g/mol. The largest absolute Gasteiger partial charge is 0.790 e. The molecule has 13 heteroatoms. The highest BCUT2D eigenvalue weighted by atomic mass is 31.2. The van der Waals surface area contributed by atoms with Crippen LogP contribution in [-0.2, 0) is 13.8 Å². The summed E-state index contributed by atoms with van der Waals surface area (Å²) >= 11 is 0. The van der Waals surface area contributed by atoms with Crippen LogP contribution in [0.4, 0.5) is 5.82 Å². The number of nitrogens with zero attached hydrogens (tertiary/aromatic N) is 4. The molecule has 4 atom stereocenters. The topological polar surface area (TPSA) is 192 Å². The van der Waals surface area contributed by atoms with Gasteiger partial charge in [0, 0.05) is 0 Å². The number of rotatable bonds is 4. The lowest BCUT2D eigenvalue weighted by molar-refractivity contribution is -0.343. The van der Waals surface area contributed by atoms with E-state index in [1.165, 1.54) is 17.2 Å². The maximum Gasteiger partial charge on any atom is 0.167 e. The standard InChI is InChI=1S/C10H14N5O7P/c11-8-5-9(13-2-12-8)15(3-14-5)10-7(17)6(16)4(22-10)1-21-23(18,19)20/h2-4,6-7,10,16-17H,1H2,(H2,11,12,13)(H2,18,19,20)/p-2/t4?,6-,7?,10?/m0/s1. The first-order valence-electron chi connectivity index (χ1n) is 6.39. The first-order chi connectivity index (χ1) is 10.8. The van der Waals surface area contributed by atoms with Gasteiger partial charge in [0.1, 0.15) is 30.2 Å². The van der Waals surface area contributed by atoms with Crippen molar-refractivity contribution in [2.45, 2.75) is 24.5 Å². The Morgan fingerprint density at radius 1 is 1.35 bits per heavy atom. The van der Waals surface area contributed by atoms with E-state index in [2.05, 4.69) is 19.5 Å². The number of nitrogen functional groups attached to an aromatic ring is 1. The first kappa shape index (κ1) is 16.2. The molecule has 1 aliphatic rings. The lowest BCUT2D eigenvalue weighted by Crippen LogP contribution is -2.34. The van der Waals surface area contributed by atoms with E-state index in [4.69, 9.17) is 10.5 Å². The fourth-order valence-corrected chi connectivity index (χ4v) is 2.65. The minimum atomic E-state index is -5.22. The van der Waals surface area contributed by atoms with E-state index in [0.717, 1.165) is 0 Å². The molecule has 0 aliphatic carbocycles. The third-order valence-electron chi connectivity index (χ3n) is 3.40. The summed E-state index contributed by atoms with van der Waals surface area (Å²) in [6.07, 6.45) is -2.75. The van der Waals surface area contributed by atoms with Crippen molar-refractivity contribution in [2.75, 3.05) is 12.3 Å². The number of hydrogen-bond acceptors (Lipinski definition) is 11. The summed E-state index contributed by atoms with van der Waals surface area (Å²) in [5.41, 5.74) is 6.19. The molecule has 3 unspecified atom stereocenters. The molecule has 0 amide bonds. The van der Waals surface area contributed by atoms with Gasteiger partial charge < -0.3 is 39.6 Å². The van der Waals surface area contributed by atoms with E-state index in [0.29, 0.717) is 0 Å². The van der Waals surface area contributed by atoms with Crippen LogP contribution in [0.2, 0.25) is 0 Å². The van der Waals surface area contributed by atoms with Gasteiger partial charge in [0.15, 0.2) is 17.7 Å². The summed E-state index contributed by atoms with van der Waals surface area (Å²) in [6, 6.07) is 0. The maximum absolute atomic E-state index is 10.5. The molecule has 1 fully saturated rings. The fraction of sp³-hybridized carbons (Fsp3) is 0.500. The average molecular weight is 345 g/mol. The minimum absolute atomic E-state index is 0.125. The predicted octanol–water partition coefficient (Wildman–Crippen LogP) is -3.13. The van der Waals surface area contributed by atoms with Crippen LogP contribution in [0, 0.1) is 0 Å². The Balaban J connectivity index is 1.85. The van der Waals surface area contributed by atoms with E-state index >= 15 is 0 Å². The van der Waals surface area contributed by atoms with Crippen LogP contribution in [0.3, 0.4) is 0 Å². The summed E-state index contributed by atoms with van der Waals surface area (Å²) in [5, 5.41) is 20.0. The number of phosphoric ester groups is 1. The third kappa shape index (κ3) is 3.05. The van der Waals surface area contributed by atoms with Crippen molar-refractivity contribution in [1.82, 2.24) is 19.5 Å². The van der Waals surface area contributed by atoms with Gasteiger partial charge in [0.05, 0.1) is 20.8 Å². The van der Waals surface area contributed by atoms with Crippen LogP contribution >= 0.6 is 7.82 Å². The Hall–Kier alpha value is -1.66. The van der Waals surface area contributed by atoms with E-state index in [-0.39, 0.29) is 17.0 Å². The Kier molecular flexibility index (Phi) is 4.06. The second-order valence-electron chi connectivity index (χ2n) is 4.87. The summed E-state index contributed by atoms with van der Waals surface area (Å²) in [5.74, 6) is 0.125. The molecule has 3 rings (SSSR count). The number of nitrogens with two attached hydrogens (primary N) is 1. The smallest absolute Gasteiger partial charge is 0.167 e. The van der Waals surface area contributed by atoms with Gasteiger partial charge in [0.2, 0.25) is 0 Å². The van der Waals surface area contributed by atoms with Crippen LogP contribution in [-0.4, -0.2) is 54.7 Å². The Labute approximate surface area is 128 Å². The van der Waals surface area contributed by atoms with Gasteiger partial charge >= 0.3 is 0 Å². The second kappa shape index (κ2) is 5.76. The molecule has 1 aliphatic heterocycles. The number of aromatic nitrogens is 4. The molecule has 2 aromatic rings. The molecule has 12 nitrogen and oxygen atoms in total. The molecule has 1 saturated heterocycles. The predicted molar refractivity (Wildman–Crippen MR) is 69.2 cm³/mol. The molecule has 23 heavy (non-hydrogen) atoms. The molecule has 0 spiro atoms. The zero-order chi connectivity index (χ0) is 16.8. The SMILES string of the molecule is Nc1ncnc2c1ncn2C1OC(COP(=O)([O-])[O-])[C@H](O)C1O. The quantitative estimate of drug-likeness (QED) is 0.474. The number of phosphoric acid groups is 1. The molecule has 0 aromatic carbocycles. The molecular formula is C10H12N5O7P-2. The Morgan fingerprint density at radius 3 is 2.78 bits per heavy atom.